The van der Waals surface area contributed by atoms with Crippen molar-refractivity contribution in [3.05, 3.63) is 41.5 Å². The number of hydrogen-bond acceptors (Lipinski definition) is 5. The maximum absolute atomic E-state index is 13.0. The first kappa shape index (κ1) is 26.9. The van der Waals surface area contributed by atoms with Crippen LogP contribution in [0.1, 0.15) is 91.5 Å². The third-order valence-electron chi connectivity index (χ3n) is 10.9. The van der Waals surface area contributed by atoms with Gasteiger partial charge in [0.2, 0.25) is 0 Å². The quantitative estimate of drug-likeness (QED) is 0.315. The molecule has 0 aromatic heterocycles. The smallest absolute Gasteiger partial charge is 0.169 e. The number of ketones is 1. The lowest BCUT2D eigenvalue weighted by Gasteiger charge is -2.60. The Morgan fingerprint density at radius 2 is 1.70 bits per heavy atom. The number of carbonyl (C=O) groups is 1. The zero-order chi connectivity index (χ0) is 26.5. The topological polar surface area (TPSA) is 65.0 Å². The second-order valence-electron chi connectivity index (χ2n) is 12.6. The maximum Gasteiger partial charge on any atom is 0.169 e. The highest BCUT2D eigenvalue weighted by Crippen LogP contribution is 2.68. The Kier molecular flexibility index (Phi) is 7.13. The molecule has 0 saturated heterocycles. The van der Waals surface area contributed by atoms with Gasteiger partial charge < -0.3 is 19.3 Å². The van der Waals surface area contributed by atoms with Gasteiger partial charge in [0.1, 0.15) is 11.4 Å². The van der Waals surface area contributed by atoms with Crippen molar-refractivity contribution in [1.82, 2.24) is 0 Å². The molecule has 0 heterocycles. The fourth-order valence-electron chi connectivity index (χ4n) is 8.97. The highest BCUT2D eigenvalue weighted by atomic mass is 16.6. The van der Waals surface area contributed by atoms with Gasteiger partial charge >= 0.3 is 0 Å². The number of fused-ring (bicyclic) bond motifs is 5. The fraction of sp³-hybridized carbons (Fsp3) is 0.719. The van der Waals surface area contributed by atoms with Crippen LogP contribution in [0.25, 0.3) is 0 Å². The van der Waals surface area contributed by atoms with Gasteiger partial charge in [-0.15, -0.1) is 0 Å². The Balaban J connectivity index is 1.31. The van der Waals surface area contributed by atoms with Crippen LogP contribution in [0.15, 0.2) is 35.9 Å². The van der Waals surface area contributed by atoms with Crippen molar-refractivity contribution in [2.75, 3.05) is 13.2 Å². The first-order chi connectivity index (χ1) is 17.6. The van der Waals surface area contributed by atoms with E-state index in [2.05, 4.69) is 19.9 Å². The Labute approximate surface area is 223 Å². The second-order valence-corrected chi connectivity index (χ2v) is 12.6. The van der Waals surface area contributed by atoms with Gasteiger partial charge in [-0.05, 0) is 100 Å². The SMILES string of the molecule is CCOc1ccc(CO[C@@]2(O)CC[C@@]3(C)C(=CCC4C3CC[C@@]3(C)C4CC[C@@]3(OCC)C(C)=O)C2)cc1. The van der Waals surface area contributed by atoms with Crippen LogP contribution < -0.4 is 4.74 Å². The molecule has 4 aliphatic carbocycles. The third kappa shape index (κ3) is 4.30. The van der Waals surface area contributed by atoms with E-state index < -0.39 is 11.4 Å². The standard InChI is InChI=1S/C32H46O5/c1-6-35-25-11-8-23(9-12-25)21-37-31(34)19-18-29(4)24(20-31)10-13-26-27(29)14-16-30(5)28(26)15-17-32(30,22(3)33)36-7-2/h8-12,26-28,34H,6-7,13-21H2,1-5H3/t26?,27?,28?,29-,30-,31-,32+/m0/s1. The molecule has 0 radical (unpaired) electrons. The number of hydrogen-bond donors (Lipinski definition) is 1. The second kappa shape index (κ2) is 9.81. The van der Waals surface area contributed by atoms with Gasteiger partial charge in [-0.3, -0.25) is 4.79 Å². The zero-order valence-corrected chi connectivity index (χ0v) is 23.5. The normalized spacial score (nSPS) is 40.8. The van der Waals surface area contributed by atoms with Crippen LogP contribution in [0.3, 0.4) is 0 Å². The van der Waals surface area contributed by atoms with Gasteiger partial charge in [0.15, 0.2) is 11.6 Å². The van der Waals surface area contributed by atoms with E-state index in [9.17, 15) is 9.90 Å². The average Bonchev–Trinajstić information content (AvgIpc) is 3.18. The first-order valence-electron chi connectivity index (χ1n) is 14.5. The van der Waals surface area contributed by atoms with Gasteiger partial charge in [-0.25, -0.2) is 0 Å². The molecule has 3 saturated carbocycles. The van der Waals surface area contributed by atoms with Crippen LogP contribution in [-0.4, -0.2) is 35.5 Å². The van der Waals surface area contributed by atoms with Crippen molar-refractivity contribution in [2.24, 2.45) is 28.6 Å². The molecule has 3 fully saturated rings. The number of Topliss-reactive ketones (excluding diaryl/α,β-unsaturated/α-hetero) is 1. The molecule has 1 N–H and O–H groups in total. The minimum absolute atomic E-state index is 0.0893. The van der Waals surface area contributed by atoms with E-state index in [0.717, 1.165) is 49.8 Å². The Bertz CT molecular complexity index is 1030. The summed E-state index contributed by atoms with van der Waals surface area (Å²) in [6.07, 6.45) is 9.72. The number of rotatable bonds is 8. The van der Waals surface area contributed by atoms with E-state index in [1.807, 2.05) is 38.1 Å². The van der Waals surface area contributed by atoms with Crippen LogP contribution in [0.4, 0.5) is 0 Å². The number of aliphatic hydroxyl groups is 1. The van der Waals surface area contributed by atoms with E-state index in [-0.39, 0.29) is 16.6 Å². The molecule has 0 bridgehead atoms. The molecule has 5 rings (SSSR count). The lowest BCUT2D eigenvalue weighted by atomic mass is 9.46. The summed E-state index contributed by atoms with van der Waals surface area (Å²) < 4.78 is 18.0. The molecule has 0 spiro atoms. The summed E-state index contributed by atoms with van der Waals surface area (Å²) >= 11 is 0. The minimum Gasteiger partial charge on any atom is -0.494 e. The van der Waals surface area contributed by atoms with Crippen molar-refractivity contribution in [3.8, 4) is 5.75 Å². The number of allylic oxidation sites excluding steroid dienone is 1. The summed E-state index contributed by atoms with van der Waals surface area (Å²) in [5.41, 5.74) is 1.79. The summed E-state index contributed by atoms with van der Waals surface area (Å²) in [6.45, 7) is 12.1. The van der Waals surface area contributed by atoms with Crippen LogP contribution in [0.2, 0.25) is 0 Å². The van der Waals surface area contributed by atoms with E-state index >= 15 is 0 Å². The van der Waals surface area contributed by atoms with E-state index in [4.69, 9.17) is 14.2 Å². The molecule has 5 nitrogen and oxygen atoms in total. The van der Waals surface area contributed by atoms with E-state index in [1.54, 1.807) is 6.92 Å². The predicted molar refractivity (Wildman–Crippen MR) is 144 cm³/mol. The van der Waals surface area contributed by atoms with E-state index in [1.165, 1.54) is 5.57 Å². The average molecular weight is 511 g/mol. The predicted octanol–water partition coefficient (Wildman–Crippen LogP) is 6.62. The van der Waals surface area contributed by atoms with Gasteiger partial charge in [-0.1, -0.05) is 37.6 Å². The molecule has 5 heteroatoms. The largest absolute Gasteiger partial charge is 0.494 e. The Morgan fingerprint density at radius 3 is 2.38 bits per heavy atom. The van der Waals surface area contributed by atoms with Gasteiger partial charge in [0.05, 0.1) is 13.2 Å². The maximum atomic E-state index is 13.0. The van der Waals surface area contributed by atoms with Crippen LogP contribution in [-0.2, 0) is 20.9 Å². The van der Waals surface area contributed by atoms with Gasteiger partial charge in [-0.2, -0.15) is 0 Å². The Hall–Kier alpha value is -1.69. The molecule has 1 aromatic rings. The van der Waals surface area contributed by atoms with Crippen molar-refractivity contribution in [1.29, 1.82) is 0 Å². The monoisotopic (exact) mass is 510 g/mol. The first-order valence-corrected chi connectivity index (χ1v) is 14.5. The summed E-state index contributed by atoms with van der Waals surface area (Å²) in [6, 6.07) is 7.94. The van der Waals surface area contributed by atoms with Crippen LogP contribution in [0.5, 0.6) is 5.75 Å². The Morgan fingerprint density at radius 1 is 0.973 bits per heavy atom. The van der Waals surface area contributed by atoms with Crippen molar-refractivity contribution < 1.29 is 24.1 Å². The lowest BCUT2D eigenvalue weighted by Crippen LogP contribution is -2.58. The number of benzene rings is 1. The molecule has 0 amide bonds. The zero-order valence-electron chi connectivity index (χ0n) is 23.5. The molecular formula is C32H46O5. The minimum atomic E-state index is -1.12. The highest BCUT2D eigenvalue weighted by Gasteiger charge is 2.66. The summed E-state index contributed by atoms with van der Waals surface area (Å²) in [4.78, 5) is 13.0. The third-order valence-corrected chi connectivity index (χ3v) is 10.9. The molecule has 7 atom stereocenters. The van der Waals surface area contributed by atoms with Crippen LogP contribution >= 0.6 is 0 Å². The summed E-state index contributed by atoms with van der Waals surface area (Å²) in [5.74, 6) is 1.62. The summed E-state index contributed by atoms with van der Waals surface area (Å²) in [5, 5.41) is 11.5. The highest BCUT2D eigenvalue weighted by molar-refractivity contribution is 5.86. The molecule has 37 heavy (non-hydrogen) atoms. The molecular weight excluding hydrogens is 464 g/mol. The van der Waals surface area contributed by atoms with Crippen molar-refractivity contribution in [3.63, 3.8) is 0 Å². The van der Waals surface area contributed by atoms with Crippen molar-refractivity contribution >= 4 is 5.78 Å². The molecule has 204 valence electrons. The fourth-order valence-corrected chi connectivity index (χ4v) is 8.97. The molecule has 1 aromatic carbocycles. The van der Waals surface area contributed by atoms with Crippen LogP contribution in [0, 0.1) is 28.6 Å². The van der Waals surface area contributed by atoms with E-state index in [0.29, 0.717) is 50.4 Å². The molecule has 0 aliphatic heterocycles. The number of carbonyl (C=O) groups excluding carboxylic acids is 1. The summed E-state index contributed by atoms with van der Waals surface area (Å²) in [7, 11) is 0. The van der Waals surface area contributed by atoms with Gasteiger partial charge in [0.25, 0.3) is 0 Å². The van der Waals surface area contributed by atoms with Gasteiger partial charge in [0, 0.05) is 24.9 Å². The molecule has 4 aliphatic rings. The lowest BCUT2D eigenvalue weighted by molar-refractivity contribution is -0.232. The van der Waals surface area contributed by atoms with Crippen molar-refractivity contribution in [2.45, 2.75) is 104 Å². The number of ether oxygens (including phenoxy) is 3. The molecule has 3 unspecified atom stereocenters.